The number of aromatic nitrogens is 2. The summed E-state index contributed by atoms with van der Waals surface area (Å²) in [5.41, 5.74) is 8.57. The molecule has 3 N–H and O–H groups in total. The van der Waals surface area contributed by atoms with Crippen LogP contribution in [0.15, 0.2) is 23.4 Å². The van der Waals surface area contributed by atoms with E-state index >= 15 is 0 Å². The molecule has 0 spiro atoms. The molecule has 108 valence electrons. The van der Waals surface area contributed by atoms with E-state index in [2.05, 4.69) is 23.8 Å². The number of rotatable bonds is 3. The summed E-state index contributed by atoms with van der Waals surface area (Å²) in [6.07, 6.45) is 2.33. The summed E-state index contributed by atoms with van der Waals surface area (Å²) >= 11 is 1.77. The number of methoxy groups -OCH3 is 1. The van der Waals surface area contributed by atoms with Crippen molar-refractivity contribution in [3.63, 3.8) is 0 Å². The van der Waals surface area contributed by atoms with Crippen LogP contribution in [0.5, 0.6) is 5.75 Å². The van der Waals surface area contributed by atoms with Crippen LogP contribution in [-0.2, 0) is 0 Å². The van der Waals surface area contributed by atoms with Crippen molar-refractivity contribution in [3.05, 3.63) is 18.2 Å². The Balaban J connectivity index is 1.81. The molecule has 5 heteroatoms. The zero-order valence-electron chi connectivity index (χ0n) is 12.1. The van der Waals surface area contributed by atoms with Crippen molar-refractivity contribution < 1.29 is 4.74 Å². The molecule has 2 unspecified atom stereocenters. The summed E-state index contributed by atoms with van der Waals surface area (Å²) in [6.45, 7) is 4.50. The molecular weight excluding hydrogens is 270 g/mol. The predicted octanol–water partition coefficient (Wildman–Crippen LogP) is 3.18. The van der Waals surface area contributed by atoms with Crippen molar-refractivity contribution >= 4 is 22.8 Å². The van der Waals surface area contributed by atoms with Crippen molar-refractivity contribution in [2.75, 3.05) is 7.11 Å². The summed E-state index contributed by atoms with van der Waals surface area (Å²) < 4.78 is 5.23. The van der Waals surface area contributed by atoms with E-state index < -0.39 is 0 Å². The number of hydrogen-bond acceptors (Lipinski definition) is 4. The molecule has 0 saturated heterocycles. The van der Waals surface area contributed by atoms with Gasteiger partial charge in [-0.1, -0.05) is 25.6 Å². The minimum absolute atomic E-state index is 0.218. The Kier molecular flexibility index (Phi) is 3.42. The third-order valence-electron chi connectivity index (χ3n) is 4.31. The molecule has 1 aliphatic carbocycles. The number of benzene rings is 1. The highest BCUT2D eigenvalue weighted by atomic mass is 32.2. The quantitative estimate of drug-likeness (QED) is 0.911. The van der Waals surface area contributed by atoms with Gasteiger partial charge in [-0.05, 0) is 30.4 Å². The first-order chi connectivity index (χ1) is 9.49. The number of nitrogens with two attached hydrogens (primary N) is 1. The Morgan fingerprint density at radius 3 is 2.90 bits per heavy atom. The highest BCUT2D eigenvalue weighted by molar-refractivity contribution is 7.99. The molecule has 2 atom stereocenters. The monoisotopic (exact) mass is 291 g/mol. The summed E-state index contributed by atoms with van der Waals surface area (Å²) in [5, 5.41) is 1.39. The molecule has 0 radical (unpaired) electrons. The topological polar surface area (TPSA) is 63.9 Å². The molecule has 1 aliphatic rings. The first kappa shape index (κ1) is 13.8. The lowest BCUT2D eigenvalue weighted by Gasteiger charge is -2.25. The zero-order valence-corrected chi connectivity index (χ0v) is 13.0. The van der Waals surface area contributed by atoms with E-state index in [0.717, 1.165) is 28.4 Å². The van der Waals surface area contributed by atoms with Crippen molar-refractivity contribution in [2.24, 2.45) is 11.1 Å². The molecule has 2 aromatic rings. The maximum Gasteiger partial charge on any atom is 0.166 e. The second-order valence-electron chi connectivity index (χ2n) is 6.13. The van der Waals surface area contributed by atoms with E-state index in [1.807, 2.05) is 18.2 Å². The van der Waals surface area contributed by atoms with Crippen LogP contribution in [0, 0.1) is 5.41 Å². The van der Waals surface area contributed by atoms with E-state index in [0.29, 0.717) is 5.25 Å². The molecule has 4 nitrogen and oxygen atoms in total. The van der Waals surface area contributed by atoms with Gasteiger partial charge in [0.15, 0.2) is 5.16 Å². The van der Waals surface area contributed by atoms with E-state index in [4.69, 9.17) is 10.5 Å². The molecule has 0 amide bonds. The zero-order chi connectivity index (χ0) is 14.3. The maximum atomic E-state index is 6.36. The lowest BCUT2D eigenvalue weighted by molar-refractivity contribution is 0.334. The van der Waals surface area contributed by atoms with Crippen LogP contribution in [0.1, 0.15) is 26.7 Å². The van der Waals surface area contributed by atoms with Crippen LogP contribution < -0.4 is 10.5 Å². The molecule has 1 aromatic carbocycles. The number of aromatic amines is 1. The van der Waals surface area contributed by atoms with E-state index in [1.54, 1.807) is 18.9 Å². The Morgan fingerprint density at radius 1 is 1.45 bits per heavy atom. The first-order valence-electron chi connectivity index (χ1n) is 6.95. The van der Waals surface area contributed by atoms with Crippen molar-refractivity contribution in [3.8, 4) is 5.75 Å². The fourth-order valence-electron chi connectivity index (χ4n) is 2.79. The minimum Gasteiger partial charge on any atom is -0.497 e. The second-order valence-corrected chi connectivity index (χ2v) is 7.36. The van der Waals surface area contributed by atoms with E-state index in [9.17, 15) is 0 Å². The van der Waals surface area contributed by atoms with E-state index in [1.165, 1.54) is 6.42 Å². The highest BCUT2D eigenvalue weighted by Crippen LogP contribution is 2.43. The smallest absolute Gasteiger partial charge is 0.166 e. The number of thioether (sulfide) groups is 1. The van der Waals surface area contributed by atoms with Gasteiger partial charge in [0.25, 0.3) is 0 Å². The number of nitrogens with zero attached hydrogens (tertiary/aromatic N) is 1. The minimum atomic E-state index is 0.218. The first-order valence-corrected chi connectivity index (χ1v) is 7.83. The molecule has 0 bridgehead atoms. The number of H-pyrrole nitrogens is 1. The average Bonchev–Trinajstić information content (AvgIpc) is 2.93. The van der Waals surface area contributed by atoms with Gasteiger partial charge in [0.05, 0.1) is 18.1 Å². The third-order valence-corrected chi connectivity index (χ3v) is 5.55. The molecule has 1 heterocycles. The highest BCUT2D eigenvalue weighted by Gasteiger charge is 2.40. The van der Waals surface area contributed by atoms with Crippen molar-refractivity contribution in [1.29, 1.82) is 0 Å². The molecule has 0 aliphatic heterocycles. The lowest BCUT2D eigenvalue weighted by Crippen LogP contribution is -2.38. The maximum absolute atomic E-state index is 6.36. The second kappa shape index (κ2) is 4.97. The Hall–Kier alpha value is -1.20. The average molecular weight is 291 g/mol. The van der Waals surface area contributed by atoms with Crippen molar-refractivity contribution in [2.45, 2.75) is 43.1 Å². The fraction of sp³-hybridized carbons (Fsp3) is 0.533. The van der Waals surface area contributed by atoms with Gasteiger partial charge < -0.3 is 15.5 Å². The Bertz CT molecular complexity index is 623. The lowest BCUT2D eigenvalue weighted by atomic mass is 9.88. The molecule has 1 fully saturated rings. The van der Waals surface area contributed by atoms with Gasteiger partial charge in [-0.25, -0.2) is 4.98 Å². The van der Waals surface area contributed by atoms with Gasteiger partial charge in [0, 0.05) is 17.4 Å². The van der Waals surface area contributed by atoms with Crippen LogP contribution in [0.3, 0.4) is 0 Å². The molecule has 20 heavy (non-hydrogen) atoms. The number of hydrogen-bond donors (Lipinski definition) is 2. The summed E-state index contributed by atoms with van der Waals surface area (Å²) in [6, 6.07) is 6.11. The van der Waals surface area contributed by atoms with Crippen LogP contribution in [0.2, 0.25) is 0 Å². The van der Waals surface area contributed by atoms with Crippen LogP contribution in [0.4, 0.5) is 0 Å². The van der Waals surface area contributed by atoms with Crippen LogP contribution in [-0.4, -0.2) is 28.4 Å². The summed E-state index contributed by atoms with van der Waals surface area (Å²) in [4.78, 5) is 7.99. The van der Waals surface area contributed by atoms with Gasteiger partial charge in [-0.15, -0.1) is 0 Å². The normalized spacial score (nSPS) is 25.2. The Morgan fingerprint density at radius 2 is 2.25 bits per heavy atom. The van der Waals surface area contributed by atoms with Gasteiger partial charge in [-0.3, -0.25) is 0 Å². The number of ether oxygens (including phenoxy) is 1. The standard InChI is InChI=1S/C15H21N3OS/c1-15(2)7-6-12(13(15)16)20-14-17-10-5-4-9(19-3)8-11(10)18-14/h4-5,8,12-13H,6-7,16H2,1-3H3,(H,17,18). The number of nitrogens with one attached hydrogen (secondary N) is 1. The van der Waals surface area contributed by atoms with Crippen LogP contribution >= 0.6 is 11.8 Å². The number of imidazole rings is 1. The van der Waals surface area contributed by atoms with Gasteiger partial charge in [-0.2, -0.15) is 0 Å². The molecular formula is C15H21N3OS. The van der Waals surface area contributed by atoms with Crippen LogP contribution in [0.25, 0.3) is 11.0 Å². The fourth-order valence-corrected chi connectivity index (χ4v) is 4.14. The third kappa shape index (κ3) is 2.40. The predicted molar refractivity (Wildman–Crippen MR) is 83.3 cm³/mol. The SMILES string of the molecule is COc1ccc2nc(SC3CCC(C)(C)C3N)[nH]c2c1. The van der Waals surface area contributed by atoms with E-state index in [-0.39, 0.29) is 11.5 Å². The number of fused-ring (bicyclic) bond motifs is 1. The Labute approximate surface area is 123 Å². The van der Waals surface area contributed by atoms with Gasteiger partial charge in [0.2, 0.25) is 0 Å². The van der Waals surface area contributed by atoms with Gasteiger partial charge in [0.1, 0.15) is 5.75 Å². The molecule has 3 rings (SSSR count). The summed E-state index contributed by atoms with van der Waals surface area (Å²) in [5.74, 6) is 0.844. The summed E-state index contributed by atoms with van der Waals surface area (Å²) in [7, 11) is 1.67. The van der Waals surface area contributed by atoms with Gasteiger partial charge >= 0.3 is 0 Å². The van der Waals surface area contributed by atoms with Crippen molar-refractivity contribution in [1.82, 2.24) is 9.97 Å². The largest absolute Gasteiger partial charge is 0.497 e. The molecule has 1 saturated carbocycles. The molecule has 1 aromatic heterocycles.